The number of hydrogen-bond donors (Lipinski definition) is 2. The van der Waals surface area contributed by atoms with E-state index in [1.54, 1.807) is 18.4 Å². The van der Waals surface area contributed by atoms with Crippen LogP contribution in [-0.2, 0) is 22.9 Å². The fraction of sp³-hybridized carbons (Fsp3) is 0.312. The number of furan rings is 1. The van der Waals surface area contributed by atoms with Crippen molar-refractivity contribution >= 4 is 15.9 Å². The second kappa shape index (κ2) is 7.94. The molecule has 0 bridgehead atoms. The highest BCUT2D eigenvalue weighted by molar-refractivity contribution is 7.88. The minimum absolute atomic E-state index is 0.141. The van der Waals surface area contributed by atoms with Gasteiger partial charge in [0.25, 0.3) is 5.91 Å². The van der Waals surface area contributed by atoms with Crippen LogP contribution in [0.2, 0.25) is 0 Å². The number of hydrogen-bond acceptors (Lipinski definition) is 4. The van der Waals surface area contributed by atoms with Crippen LogP contribution in [0.25, 0.3) is 0 Å². The molecule has 2 N–H and O–H groups in total. The van der Waals surface area contributed by atoms with Crippen LogP contribution < -0.4 is 10.0 Å². The largest absolute Gasteiger partial charge is 0.469 e. The zero-order chi connectivity index (χ0) is 16.7. The molecule has 1 heterocycles. The Balaban J connectivity index is 1.78. The topological polar surface area (TPSA) is 88.4 Å². The summed E-state index contributed by atoms with van der Waals surface area (Å²) in [6.45, 7) is 0.847. The Kier molecular flexibility index (Phi) is 5.95. The molecule has 0 atom stereocenters. The van der Waals surface area contributed by atoms with Gasteiger partial charge in [0.05, 0.1) is 12.5 Å². The van der Waals surface area contributed by atoms with E-state index in [9.17, 15) is 13.2 Å². The molecular weight excluding hydrogens is 316 g/mol. The fourth-order valence-corrected chi connectivity index (χ4v) is 2.53. The van der Waals surface area contributed by atoms with Crippen molar-refractivity contribution in [2.24, 2.45) is 0 Å². The molecule has 0 aliphatic rings. The first-order valence-electron chi connectivity index (χ1n) is 7.28. The third-order valence-electron chi connectivity index (χ3n) is 3.23. The SMILES string of the molecule is CS(=O)(=O)NCCc1ccc(C(=O)NCCc2ccco2)cc1. The van der Waals surface area contributed by atoms with Crippen molar-refractivity contribution in [3.8, 4) is 0 Å². The predicted octanol–water partition coefficient (Wildman–Crippen LogP) is 1.34. The number of sulfonamides is 1. The molecule has 6 nitrogen and oxygen atoms in total. The Morgan fingerprint density at radius 3 is 2.43 bits per heavy atom. The first kappa shape index (κ1) is 17.2. The first-order valence-corrected chi connectivity index (χ1v) is 9.17. The normalized spacial score (nSPS) is 11.3. The predicted molar refractivity (Wildman–Crippen MR) is 87.7 cm³/mol. The molecule has 0 saturated heterocycles. The van der Waals surface area contributed by atoms with Crippen LogP contribution >= 0.6 is 0 Å². The Hall–Kier alpha value is -2.12. The number of rotatable bonds is 8. The molecule has 2 rings (SSSR count). The van der Waals surface area contributed by atoms with Gasteiger partial charge in [0, 0.05) is 25.1 Å². The van der Waals surface area contributed by atoms with E-state index in [4.69, 9.17) is 4.42 Å². The molecule has 1 aromatic heterocycles. The van der Waals surface area contributed by atoms with Gasteiger partial charge in [-0.25, -0.2) is 13.1 Å². The van der Waals surface area contributed by atoms with E-state index in [1.165, 1.54) is 0 Å². The molecule has 2 aromatic rings. The lowest BCUT2D eigenvalue weighted by atomic mass is 10.1. The first-order chi connectivity index (χ1) is 10.9. The maximum absolute atomic E-state index is 12.0. The van der Waals surface area contributed by atoms with E-state index in [1.807, 2.05) is 24.3 Å². The van der Waals surface area contributed by atoms with Crippen LogP contribution in [0.4, 0.5) is 0 Å². The summed E-state index contributed by atoms with van der Waals surface area (Å²) in [6.07, 6.45) is 3.96. The van der Waals surface area contributed by atoms with Crippen molar-refractivity contribution in [1.29, 1.82) is 0 Å². The second-order valence-corrected chi connectivity index (χ2v) is 7.03. The highest BCUT2D eigenvalue weighted by atomic mass is 32.2. The molecule has 0 saturated carbocycles. The molecule has 0 fully saturated rings. The zero-order valence-corrected chi connectivity index (χ0v) is 13.7. The van der Waals surface area contributed by atoms with Gasteiger partial charge in [-0.2, -0.15) is 0 Å². The van der Waals surface area contributed by atoms with Crippen LogP contribution in [-0.4, -0.2) is 33.7 Å². The molecule has 0 unspecified atom stereocenters. The Labute approximate surface area is 135 Å². The molecule has 0 aliphatic carbocycles. The maximum Gasteiger partial charge on any atom is 0.251 e. The van der Waals surface area contributed by atoms with Crippen molar-refractivity contribution in [3.63, 3.8) is 0 Å². The summed E-state index contributed by atoms with van der Waals surface area (Å²) in [5.41, 5.74) is 1.54. The van der Waals surface area contributed by atoms with Gasteiger partial charge in [-0.15, -0.1) is 0 Å². The van der Waals surface area contributed by atoms with Gasteiger partial charge < -0.3 is 9.73 Å². The zero-order valence-electron chi connectivity index (χ0n) is 12.9. The fourth-order valence-electron chi connectivity index (χ4n) is 2.06. The summed E-state index contributed by atoms with van der Waals surface area (Å²) in [7, 11) is -3.17. The molecule has 23 heavy (non-hydrogen) atoms. The van der Waals surface area contributed by atoms with E-state index in [0.717, 1.165) is 17.6 Å². The molecule has 1 aromatic carbocycles. The molecule has 124 valence electrons. The molecular formula is C16H20N2O4S. The van der Waals surface area contributed by atoms with Crippen LogP contribution in [0.1, 0.15) is 21.7 Å². The number of nitrogens with one attached hydrogen (secondary N) is 2. The van der Waals surface area contributed by atoms with E-state index in [-0.39, 0.29) is 5.91 Å². The van der Waals surface area contributed by atoms with E-state index in [0.29, 0.717) is 31.5 Å². The van der Waals surface area contributed by atoms with Crippen LogP contribution in [0.15, 0.2) is 47.1 Å². The van der Waals surface area contributed by atoms with Gasteiger partial charge in [-0.1, -0.05) is 12.1 Å². The highest BCUT2D eigenvalue weighted by Crippen LogP contribution is 2.06. The lowest BCUT2D eigenvalue weighted by molar-refractivity contribution is 0.0953. The van der Waals surface area contributed by atoms with Crippen LogP contribution in [0, 0.1) is 0 Å². The van der Waals surface area contributed by atoms with Gasteiger partial charge in [-0.05, 0) is 36.2 Å². The summed E-state index contributed by atoms with van der Waals surface area (Å²) >= 11 is 0. The van der Waals surface area contributed by atoms with Crippen molar-refractivity contribution in [3.05, 3.63) is 59.5 Å². The van der Waals surface area contributed by atoms with Gasteiger partial charge in [-0.3, -0.25) is 4.79 Å². The highest BCUT2D eigenvalue weighted by Gasteiger charge is 2.06. The van der Waals surface area contributed by atoms with Crippen molar-refractivity contribution < 1.29 is 17.6 Å². The van der Waals surface area contributed by atoms with Crippen molar-refractivity contribution in [2.75, 3.05) is 19.3 Å². The lowest BCUT2D eigenvalue weighted by Crippen LogP contribution is -2.25. The standard InChI is InChI=1S/C16H20N2O4S/c1-23(20,21)18-11-8-13-4-6-14(7-5-13)16(19)17-10-9-15-3-2-12-22-15/h2-7,12,18H,8-11H2,1H3,(H,17,19). The van der Waals surface area contributed by atoms with E-state index in [2.05, 4.69) is 10.0 Å². The minimum Gasteiger partial charge on any atom is -0.469 e. The van der Waals surface area contributed by atoms with Gasteiger partial charge in [0.1, 0.15) is 5.76 Å². The Morgan fingerprint density at radius 2 is 1.83 bits per heavy atom. The summed E-state index contributed by atoms with van der Waals surface area (Å²) in [5, 5.41) is 2.83. The van der Waals surface area contributed by atoms with Gasteiger partial charge in [0.2, 0.25) is 10.0 Å². The van der Waals surface area contributed by atoms with Crippen LogP contribution in [0.5, 0.6) is 0 Å². The Morgan fingerprint density at radius 1 is 1.09 bits per heavy atom. The lowest BCUT2D eigenvalue weighted by Gasteiger charge is -2.06. The quantitative estimate of drug-likeness (QED) is 0.761. The Bertz CT molecular complexity index is 722. The summed E-state index contributed by atoms with van der Waals surface area (Å²) in [6, 6.07) is 10.8. The molecule has 0 spiro atoms. The molecule has 0 radical (unpaired) electrons. The monoisotopic (exact) mass is 336 g/mol. The van der Waals surface area contributed by atoms with Gasteiger partial charge >= 0.3 is 0 Å². The minimum atomic E-state index is -3.17. The van der Waals surface area contributed by atoms with E-state index >= 15 is 0 Å². The summed E-state index contributed by atoms with van der Waals surface area (Å²) in [4.78, 5) is 12.0. The summed E-state index contributed by atoms with van der Waals surface area (Å²) in [5.74, 6) is 0.691. The van der Waals surface area contributed by atoms with Crippen LogP contribution in [0.3, 0.4) is 0 Å². The second-order valence-electron chi connectivity index (χ2n) is 5.20. The van der Waals surface area contributed by atoms with Gasteiger partial charge in [0.15, 0.2) is 0 Å². The van der Waals surface area contributed by atoms with Crippen molar-refractivity contribution in [1.82, 2.24) is 10.0 Å². The number of carbonyl (C=O) groups is 1. The average Bonchev–Trinajstić information content (AvgIpc) is 3.00. The number of benzene rings is 1. The smallest absolute Gasteiger partial charge is 0.251 e. The number of carbonyl (C=O) groups excluding carboxylic acids is 1. The molecule has 7 heteroatoms. The molecule has 1 amide bonds. The third kappa shape index (κ3) is 6.25. The molecule has 0 aliphatic heterocycles. The summed E-state index contributed by atoms with van der Waals surface area (Å²) < 4.78 is 29.6. The third-order valence-corrected chi connectivity index (χ3v) is 3.96. The number of amides is 1. The average molecular weight is 336 g/mol. The van der Waals surface area contributed by atoms with E-state index < -0.39 is 10.0 Å². The van der Waals surface area contributed by atoms with Crippen molar-refractivity contribution in [2.45, 2.75) is 12.8 Å². The maximum atomic E-state index is 12.0.